The molecule has 2 aromatic rings. The summed E-state index contributed by atoms with van der Waals surface area (Å²) in [5, 5.41) is 0. The van der Waals surface area contributed by atoms with E-state index in [9.17, 15) is 8.42 Å². The van der Waals surface area contributed by atoms with Gasteiger partial charge in [0.1, 0.15) is 4.21 Å². The summed E-state index contributed by atoms with van der Waals surface area (Å²) in [6.07, 6.45) is 1.41. The second kappa shape index (κ2) is 5.48. The summed E-state index contributed by atoms with van der Waals surface area (Å²) in [6, 6.07) is 4.81. The number of sulfonamides is 1. The molecule has 5 nitrogen and oxygen atoms in total. The number of pyridine rings is 1. The second-order valence-electron chi connectivity index (χ2n) is 3.72. The molecule has 0 aromatic carbocycles. The fourth-order valence-electron chi connectivity index (χ4n) is 1.33. The minimum absolute atomic E-state index is 0.257. The maximum Gasteiger partial charge on any atom is 0.271 e. The number of anilines is 1. The van der Waals surface area contributed by atoms with Crippen LogP contribution in [0, 0.1) is 6.92 Å². The van der Waals surface area contributed by atoms with Crippen molar-refractivity contribution >= 4 is 43.0 Å². The summed E-state index contributed by atoms with van der Waals surface area (Å²) in [7, 11) is -2.08. The fourth-order valence-corrected chi connectivity index (χ4v) is 4.60. The maximum absolute atomic E-state index is 12.1. The van der Waals surface area contributed by atoms with Gasteiger partial charge in [0.25, 0.3) is 10.0 Å². The molecule has 0 atom stereocenters. The number of nitrogens with one attached hydrogen (secondary N) is 1. The molecule has 0 aliphatic heterocycles. The molecule has 0 spiro atoms. The van der Waals surface area contributed by atoms with Crippen LogP contribution in [0.1, 0.15) is 5.56 Å². The maximum atomic E-state index is 12.1. The van der Waals surface area contributed by atoms with E-state index in [0.717, 1.165) is 9.35 Å². The van der Waals surface area contributed by atoms with Crippen molar-refractivity contribution in [2.45, 2.75) is 11.1 Å². The summed E-state index contributed by atoms with van der Waals surface area (Å²) in [5.41, 5.74) is 1.28. The van der Waals surface area contributed by atoms with Crippen LogP contribution in [0.2, 0.25) is 0 Å². The average Bonchev–Trinajstić information content (AvgIpc) is 2.71. The van der Waals surface area contributed by atoms with Crippen molar-refractivity contribution in [1.82, 2.24) is 4.98 Å². The Labute approximate surface area is 123 Å². The van der Waals surface area contributed by atoms with Crippen LogP contribution in [-0.4, -0.2) is 20.5 Å². The summed E-state index contributed by atoms with van der Waals surface area (Å²) in [6.45, 7) is 1.84. The molecular formula is C11H11BrN2O3S2. The monoisotopic (exact) mass is 362 g/mol. The van der Waals surface area contributed by atoms with Gasteiger partial charge in [0.15, 0.2) is 0 Å². The summed E-state index contributed by atoms with van der Waals surface area (Å²) < 4.78 is 32.7. The van der Waals surface area contributed by atoms with Gasteiger partial charge in [-0.25, -0.2) is 13.4 Å². The molecule has 2 aromatic heterocycles. The third kappa shape index (κ3) is 3.26. The van der Waals surface area contributed by atoms with Gasteiger partial charge in [-0.05, 0) is 40.5 Å². The Morgan fingerprint density at radius 2 is 2.16 bits per heavy atom. The zero-order valence-electron chi connectivity index (χ0n) is 10.2. The van der Waals surface area contributed by atoms with Gasteiger partial charge < -0.3 is 4.74 Å². The smallest absolute Gasteiger partial charge is 0.271 e. The lowest BCUT2D eigenvalue weighted by molar-refractivity contribution is 0.398. The Kier molecular flexibility index (Phi) is 4.12. The third-order valence-corrected chi connectivity index (χ3v) is 6.29. The van der Waals surface area contributed by atoms with Crippen LogP contribution >= 0.6 is 27.3 Å². The molecule has 2 rings (SSSR count). The van der Waals surface area contributed by atoms with E-state index >= 15 is 0 Å². The number of hydrogen-bond acceptors (Lipinski definition) is 5. The number of aromatic nitrogens is 1. The van der Waals surface area contributed by atoms with Crippen LogP contribution in [0.5, 0.6) is 5.88 Å². The van der Waals surface area contributed by atoms with Crippen LogP contribution in [0.4, 0.5) is 5.69 Å². The average molecular weight is 363 g/mol. The molecule has 1 N–H and O–H groups in total. The molecule has 0 saturated carbocycles. The molecular weight excluding hydrogens is 352 g/mol. The first-order valence-electron chi connectivity index (χ1n) is 5.21. The number of ether oxygens (including phenoxy) is 1. The van der Waals surface area contributed by atoms with Crippen LogP contribution in [-0.2, 0) is 10.0 Å². The quantitative estimate of drug-likeness (QED) is 0.907. The Morgan fingerprint density at radius 3 is 2.63 bits per heavy atom. The number of hydrogen-bond donors (Lipinski definition) is 1. The van der Waals surface area contributed by atoms with Crippen molar-refractivity contribution in [1.29, 1.82) is 0 Å². The lowest BCUT2D eigenvalue weighted by Gasteiger charge is -2.06. The molecule has 19 heavy (non-hydrogen) atoms. The Bertz CT molecular complexity index is 661. The molecule has 0 saturated heterocycles. The largest absolute Gasteiger partial charge is 0.481 e. The predicted molar refractivity (Wildman–Crippen MR) is 78.4 cm³/mol. The Hall–Kier alpha value is -1.12. The van der Waals surface area contributed by atoms with Crippen molar-refractivity contribution in [2.75, 3.05) is 11.8 Å². The molecule has 2 heterocycles. The molecule has 0 unspecified atom stereocenters. The van der Waals surface area contributed by atoms with Crippen LogP contribution in [0.25, 0.3) is 0 Å². The molecule has 0 amide bonds. The van der Waals surface area contributed by atoms with Gasteiger partial charge in [-0.15, -0.1) is 11.3 Å². The predicted octanol–water partition coefficient (Wildman–Crippen LogP) is 3.02. The Morgan fingerprint density at radius 1 is 1.42 bits per heavy atom. The summed E-state index contributed by atoms with van der Waals surface area (Å²) in [4.78, 5) is 3.94. The first-order chi connectivity index (χ1) is 8.92. The van der Waals surface area contributed by atoms with E-state index in [1.54, 1.807) is 18.2 Å². The summed E-state index contributed by atoms with van der Waals surface area (Å²) in [5.74, 6) is 0.428. The van der Waals surface area contributed by atoms with Crippen molar-refractivity contribution in [2.24, 2.45) is 0 Å². The van der Waals surface area contributed by atoms with Crippen molar-refractivity contribution in [3.63, 3.8) is 0 Å². The van der Waals surface area contributed by atoms with E-state index in [0.29, 0.717) is 11.6 Å². The number of aryl methyl sites for hydroxylation is 1. The van der Waals surface area contributed by atoms with Crippen molar-refractivity contribution in [3.05, 3.63) is 33.7 Å². The van der Waals surface area contributed by atoms with Gasteiger partial charge in [0.05, 0.1) is 22.8 Å². The van der Waals surface area contributed by atoms with Gasteiger partial charge in [0.2, 0.25) is 5.88 Å². The van der Waals surface area contributed by atoms with Gasteiger partial charge >= 0.3 is 0 Å². The first kappa shape index (κ1) is 14.3. The Balaban J connectivity index is 2.25. The van der Waals surface area contributed by atoms with Gasteiger partial charge in [0, 0.05) is 6.07 Å². The van der Waals surface area contributed by atoms with Crippen molar-refractivity contribution < 1.29 is 13.2 Å². The highest BCUT2D eigenvalue weighted by Gasteiger charge is 2.18. The van der Waals surface area contributed by atoms with E-state index in [1.165, 1.54) is 24.6 Å². The van der Waals surface area contributed by atoms with Gasteiger partial charge in [-0.1, -0.05) is 0 Å². The molecule has 0 radical (unpaired) electrons. The highest BCUT2D eigenvalue weighted by Crippen LogP contribution is 2.31. The zero-order valence-corrected chi connectivity index (χ0v) is 13.4. The van der Waals surface area contributed by atoms with E-state index in [2.05, 4.69) is 25.6 Å². The number of methoxy groups -OCH3 is 1. The summed E-state index contributed by atoms with van der Waals surface area (Å²) >= 11 is 4.48. The number of halogens is 1. The molecule has 102 valence electrons. The van der Waals surface area contributed by atoms with Gasteiger partial charge in [-0.3, -0.25) is 4.72 Å². The molecule has 0 aliphatic carbocycles. The number of nitrogens with zero attached hydrogens (tertiary/aromatic N) is 1. The third-order valence-electron chi connectivity index (χ3n) is 2.30. The normalized spacial score (nSPS) is 11.3. The van der Waals surface area contributed by atoms with E-state index in [-0.39, 0.29) is 4.21 Å². The highest BCUT2D eigenvalue weighted by molar-refractivity contribution is 9.11. The molecule has 0 fully saturated rings. The van der Waals surface area contributed by atoms with Gasteiger partial charge in [-0.2, -0.15) is 0 Å². The van der Waals surface area contributed by atoms with Crippen LogP contribution < -0.4 is 9.46 Å². The van der Waals surface area contributed by atoms with Crippen LogP contribution in [0.3, 0.4) is 0 Å². The SMILES string of the molecule is COc1ccc(NS(=O)(=O)c2cc(C)c(Br)s2)cn1. The topological polar surface area (TPSA) is 68.3 Å². The molecule has 0 aliphatic rings. The number of thiophene rings is 1. The zero-order chi connectivity index (χ0) is 14.0. The lowest BCUT2D eigenvalue weighted by Crippen LogP contribution is -2.11. The van der Waals surface area contributed by atoms with Crippen molar-refractivity contribution in [3.8, 4) is 5.88 Å². The lowest BCUT2D eigenvalue weighted by atomic mass is 10.4. The second-order valence-corrected chi connectivity index (χ2v) is 8.00. The first-order valence-corrected chi connectivity index (χ1v) is 8.30. The van der Waals surface area contributed by atoms with E-state index in [1.807, 2.05) is 6.92 Å². The minimum atomic E-state index is -3.58. The van der Waals surface area contributed by atoms with E-state index in [4.69, 9.17) is 4.74 Å². The fraction of sp³-hybridized carbons (Fsp3) is 0.182. The molecule has 8 heteroatoms. The van der Waals surface area contributed by atoms with E-state index < -0.39 is 10.0 Å². The highest BCUT2D eigenvalue weighted by atomic mass is 79.9. The number of rotatable bonds is 4. The minimum Gasteiger partial charge on any atom is -0.481 e. The molecule has 0 bridgehead atoms. The standard InChI is InChI=1S/C11H11BrN2O3S2/c1-7-5-10(18-11(7)12)19(15,16)14-8-3-4-9(17-2)13-6-8/h3-6,14H,1-2H3. The van der Waals surface area contributed by atoms with Crippen LogP contribution in [0.15, 0.2) is 32.4 Å².